The zero-order valence-electron chi connectivity index (χ0n) is 21.9. The summed E-state index contributed by atoms with van der Waals surface area (Å²) in [6.45, 7) is 16.0. The molecule has 0 aromatic carbocycles. The molecule has 2 N–H and O–H groups in total. The van der Waals surface area contributed by atoms with Gasteiger partial charge in [0.2, 0.25) is 0 Å². The van der Waals surface area contributed by atoms with E-state index in [9.17, 15) is 10.2 Å². The fraction of sp³-hybridized carbons (Fsp3) is 0.786. The molecule has 33 heavy (non-hydrogen) atoms. The number of hydrogen-bond donors (Lipinski definition) is 2. The maximum atomic E-state index is 10.1. The first-order valence-corrected chi connectivity index (χ1v) is 12.4. The maximum absolute atomic E-state index is 10.1. The average Bonchev–Trinajstić information content (AvgIpc) is 3.00. The van der Waals surface area contributed by atoms with Gasteiger partial charge in [0.25, 0.3) is 0 Å². The van der Waals surface area contributed by atoms with Crippen LogP contribution in [0.25, 0.3) is 0 Å². The molecule has 3 rings (SSSR count). The third kappa shape index (κ3) is 9.30. The van der Waals surface area contributed by atoms with Crippen molar-refractivity contribution in [3.63, 3.8) is 0 Å². The van der Waals surface area contributed by atoms with Gasteiger partial charge < -0.3 is 10.2 Å². The monoisotopic (exact) mass is 681 g/mol. The van der Waals surface area contributed by atoms with E-state index in [1.54, 1.807) is 5.57 Å². The predicted octanol–water partition coefficient (Wildman–Crippen LogP) is 6.97. The van der Waals surface area contributed by atoms with E-state index in [1.165, 1.54) is 51.4 Å². The molecule has 0 heterocycles. The molecule has 3 aliphatic carbocycles. The van der Waals surface area contributed by atoms with E-state index in [1.807, 2.05) is 0 Å². The van der Waals surface area contributed by atoms with Gasteiger partial charge in [-0.3, -0.25) is 0 Å². The van der Waals surface area contributed by atoms with Crippen LogP contribution >= 0.6 is 0 Å². The van der Waals surface area contributed by atoms with Gasteiger partial charge in [0, 0.05) is 98.1 Å². The largest absolute Gasteiger partial charge is 0.388 e. The number of rotatable bonds is 5. The van der Waals surface area contributed by atoms with Gasteiger partial charge in [-0.15, -0.1) is 0 Å². The molecule has 3 aliphatic rings. The summed E-state index contributed by atoms with van der Waals surface area (Å²) in [6.07, 6.45) is 15.3. The van der Waals surface area contributed by atoms with Crippen LogP contribution in [-0.4, -0.2) is 22.4 Å². The Morgan fingerprint density at radius 1 is 1.06 bits per heavy atom. The summed E-state index contributed by atoms with van der Waals surface area (Å²) in [7, 11) is 0. The molecule has 0 amide bonds. The molecular weight excluding hydrogens is 635 g/mol. The normalized spacial score (nSPS) is 34.0. The molecule has 0 aromatic heterocycles. The fourth-order valence-electron chi connectivity index (χ4n) is 6.80. The molecule has 5 heteroatoms. The van der Waals surface area contributed by atoms with Crippen LogP contribution in [0.15, 0.2) is 35.5 Å². The molecule has 0 spiro atoms. The summed E-state index contributed by atoms with van der Waals surface area (Å²) < 4.78 is 0. The molecule has 0 aromatic rings. The Kier molecular flexibility index (Phi) is 16.3. The average molecular weight is 681 g/mol. The number of aliphatic hydroxyl groups is 2. The molecule has 3 fully saturated rings. The SMILES string of the molecule is C=C1[C@H](O)CC(=C/C=C2\CCC[C@]3(C)[C@@H]([C@@H](C)CCCC(C)(C)C)CC[C@@H]23)C[C@H]1O.[Y].[Y].[Y]. The zero-order chi connectivity index (χ0) is 22.1. The van der Waals surface area contributed by atoms with Crippen LogP contribution in [0.5, 0.6) is 0 Å². The van der Waals surface area contributed by atoms with Crippen molar-refractivity contribution in [2.45, 2.75) is 111 Å². The van der Waals surface area contributed by atoms with Crippen LogP contribution in [0.1, 0.15) is 98.8 Å². The number of aliphatic hydroxyl groups excluding tert-OH is 2. The van der Waals surface area contributed by atoms with E-state index in [0.717, 1.165) is 17.4 Å². The first-order valence-electron chi connectivity index (χ1n) is 12.4. The molecule has 3 saturated carbocycles. The minimum atomic E-state index is -0.597. The van der Waals surface area contributed by atoms with Gasteiger partial charge in [0.1, 0.15) is 0 Å². The van der Waals surface area contributed by atoms with Gasteiger partial charge in [-0.25, -0.2) is 0 Å². The first-order chi connectivity index (χ1) is 14.0. The summed E-state index contributed by atoms with van der Waals surface area (Å²) in [5.41, 5.74) is 4.25. The molecule has 6 atom stereocenters. The second-order valence-electron chi connectivity index (χ2n) is 12.1. The van der Waals surface area contributed by atoms with Crippen molar-refractivity contribution < 1.29 is 108 Å². The van der Waals surface area contributed by atoms with E-state index in [-0.39, 0.29) is 98.1 Å². The summed E-state index contributed by atoms with van der Waals surface area (Å²) in [6, 6.07) is 0. The Morgan fingerprint density at radius 2 is 1.67 bits per heavy atom. The number of allylic oxidation sites excluding steroid dienone is 3. The van der Waals surface area contributed by atoms with Crippen LogP contribution < -0.4 is 0 Å². The Morgan fingerprint density at radius 3 is 2.24 bits per heavy atom. The van der Waals surface area contributed by atoms with E-state index >= 15 is 0 Å². The van der Waals surface area contributed by atoms with Crippen LogP contribution in [0, 0.1) is 28.6 Å². The van der Waals surface area contributed by atoms with Gasteiger partial charge in [0.05, 0.1) is 12.2 Å². The van der Waals surface area contributed by atoms with Crippen molar-refractivity contribution in [3.05, 3.63) is 35.5 Å². The molecule has 0 saturated heterocycles. The van der Waals surface area contributed by atoms with Crippen LogP contribution in [0.2, 0.25) is 0 Å². The number of hydrogen-bond acceptors (Lipinski definition) is 2. The smallest absolute Gasteiger partial charge is 0.0809 e. The quantitative estimate of drug-likeness (QED) is 0.308. The Hall–Kier alpha value is 2.45. The molecular formula is C28H46O2Y3. The van der Waals surface area contributed by atoms with Crippen molar-refractivity contribution in [2.75, 3.05) is 0 Å². The molecule has 2 nitrogen and oxygen atoms in total. The van der Waals surface area contributed by atoms with E-state index < -0.39 is 12.2 Å². The molecule has 0 unspecified atom stereocenters. The van der Waals surface area contributed by atoms with Gasteiger partial charge >= 0.3 is 0 Å². The summed E-state index contributed by atoms with van der Waals surface area (Å²) >= 11 is 0. The van der Waals surface area contributed by atoms with Gasteiger partial charge in [-0.2, -0.15) is 0 Å². The standard InChI is InChI=1S/C28H46O2.3Y/c1-19(9-7-15-27(3,4)5)23-13-14-24-22(10-8-16-28(23,24)6)12-11-21-17-25(29)20(2)26(30)18-21;;;/h11-12,19,23-26,29-30H,2,7-10,13-18H2,1,3-6H3;;;/b22-12+;;;/t19-,23+,24-,25+,26+,28+;;;/m0.../s1. The van der Waals surface area contributed by atoms with E-state index in [4.69, 9.17) is 0 Å². The Bertz CT molecular complexity index is 678. The summed E-state index contributed by atoms with van der Waals surface area (Å²) in [5, 5.41) is 20.3. The second-order valence-corrected chi connectivity index (χ2v) is 12.1. The minimum Gasteiger partial charge on any atom is -0.388 e. The molecule has 0 bridgehead atoms. The fourth-order valence-corrected chi connectivity index (χ4v) is 6.80. The number of fused-ring (bicyclic) bond motifs is 1. The summed E-state index contributed by atoms with van der Waals surface area (Å²) in [5.74, 6) is 2.38. The van der Waals surface area contributed by atoms with E-state index in [0.29, 0.717) is 35.2 Å². The van der Waals surface area contributed by atoms with Crippen LogP contribution in [0.4, 0.5) is 0 Å². The maximum Gasteiger partial charge on any atom is 0.0809 e. The van der Waals surface area contributed by atoms with Crippen molar-refractivity contribution in [2.24, 2.45) is 28.6 Å². The van der Waals surface area contributed by atoms with Crippen molar-refractivity contribution in [1.29, 1.82) is 0 Å². The zero-order valence-corrected chi connectivity index (χ0v) is 30.5. The predicted molar refractivity (Wildman–Crippen MR) is 127 cm³/mol. The van der Waals surface area contributed by atoms with E-state index in [2.05, 4.69) is 53.3 Å². The van der Waals surface area contributed by atoms with Gasteiger partial charge in [-0.05, 0) is 85.5 Å². The molecule has 179 valence electrons. The van der Waals surface area contributed by atoms with Crippen LogP contribution in [0.3, 0.4) is 0 Å². The minimum absolute atomic E-state index is 0. The van der Waals surface area contributed by atoms with Crippen molar-refractivity contribution in [1.82, 2.24) is 0 Å². The van der Waals surface area contributed by atoms with Crippen LogP contribution in [-0.2, 0) is 98.1 Å². The van der Waals surface area contributed by atoms with Crippen molar-refractivity contribution >= 4 is 0 Å². The second kappa shape index (κ2) is 15.1. The molecule has 3 radical (unpaired) electrons. The third-order valence-electron chi connectivity index (χ3n) is 8.61. The topological polar surface area (TPSA) is 40.5 Å². The third-order valence-corrected chi connectivity index (χ3v) is 8.61. The first kappa shape index (κ1) is 35.5. The summed E-state index contributed by atoms with van der Waals surface area (Å²) in [4.78, 5) is 0. The Labute approximate surface area is 279 Å². The Balaban J connectivity index is 0.00000341. The van der Waals surface area contributed by atoms with Gasteiger partial charge in [0.15, 0.2) is 0 Å². The molecule has 0 aliphatic heterocycles. The van der Waals surface area contributed by atoms with Crippen molar-refractivity contribution in [3.8, 4) is 0 Å². The van der Waals surface area contributed by atoms with Gasteiger partial charge in [-0.1, -0.05) is 77.3 Å².